The highest BCUT2D eigenvalue weighted by Gasteiger charge is 2.13. The summed E-state index contributed by atoms with van der Waals surface area (Å²) in [5.41, 5.74) is 2.12. The zero-order chi connectivity index (χ0) is 24.0. The van der Waals surface area contributed by atoms with Crippen molar-refractivity contribution in [2.75, 3.05) is 0 Å². The predicted molar refractivity (Wildman–Crippen MR) is 125 cm³/mol. The van der Waals surface area contributed by atoms with Crippen molar-refractivity contribution < 1.29 is 9.90 Å². The third-order valence-corrected chi connectivity index (χ3v) is 4.93. The van der Waals surface area contributed by atoms with Crippen molar-refractivity contribution in [2.45, 2.75) is 13.8 Å². The molecule has 0 saturated heterocycles. The lowest BCUT2D eigenvalue weighted by Gasteiger charge is -2.10. The van der Waals surface area contributed by atoms with E-state index in [0.717, 1.165) is 11.4 Å². The van der Waals surface area contributed by atoms with Gasteiger partial charge in [-0.3, -0.25) is 18.7 Å². The summed E-state index contributed by atoms with van der Waals surface area (Å²) < 4.78 is 2.93. The summed E-state index contributed by atoms with van der Waals surface area (Å²) in [5, 5.41) is 17.7. The van der Waals surface area contributed by atoms with Crippen LogP contribution in [0.5, 0.6) is 0 Å². The minimum atomic E-state index is -1.21. The molecule has 0 bridgehead atoms. The molecular formula is C26H21N3O4. The van der Waals surface area contributed by atoms with Crippen LogP contribution in [0.4, 0.5) is 0 Å². The molecule has 2 aromatic heterocycles. The van der Waals surface area contributed by atoms with E-state index in [2.05, 4.69) is 0 Å². The van der Waals surface area contributed by atoms with Crippen LogP contribution >= 0.6 is 0 Å². The molecular weight excluding hydrogens is 418 g/mol. The Kier molecular flexibility index (Phi) is 7.01. The van der Waals surface area contributed by atoms with E-state index in [4.69, 9.17) is 10.4 Å². The minimum Gasteiger partial charge on any atom is -0.477 e. The second-order valence-corrected chi connectivity index (χ2v) is 7.15. The SMILES string of the molecule is Cc1ccc(C#N)c(=O)n1-c1ccccc1.Cc1ccc(C(=O)O)c(=O)n1-c1ccccc1. The molecule has 0 aliphatic rings. The van der Waals surface area contributed by atoms with Crippen LogP contribution < -0.4 is 11.1 Å². The molecule has 0 radical (unpaired) electrons. The third kappa shape index (κ3) is 4.97. The first kappa shape index (κ1) is 23.0. The van der Waals surface area contributed by atoms with Gasteiger partial charge in [0.25, 0.3) is 11.1 Å². The average Bonchev–Trinajstić information content (AvgIpc) is 2.81. The van der Waals surface area contributed by atoms with Crippen molar-refractivity contribution in [3.8, 4) is 17.4 Å². The first-order valence-corrected chi connectivity index (χ1v) is 10.0. The number of aromatic nitrogens is 2. The molecule has 4 aromatic rings. The zero-order valence-electron chi connectivity index (χ0n) is 18.1. The first-order chi connectivity index (χ1) is 15.8. The van der Waals surface area contributed by atoms with E-state index in [1.165, 1.54) is 10.6 Å². The number of carboxylic acid groups (broad SMARTS) is 1. The van der Waals surface area contributed by atoms with Gasteiger partial charge in [0.1, 0.15) is 17.2 Å². The van der Waals surface area contributed by atoms with E-state index >= 15 is 0 Å². The summed E-state index contributed by atoms with van der Waals surface area (Å²) in [5.74, 6) is -1.21. The van der Waals surface area contributed by atoms with Crippen LogP contribution in [-0.4, -0.2) is 20.2 Å². The van der Waals surface area contributed by atoms with Gasteiger partial charge < -0.3 is 5.11 Å². The van der Waals surface area contributed by atoms with Gasteiger partial charge >= 0.3 is 5.97 Å². The number of para-hydroxylation sites is 2. The lowest BCUT2D eigenvalue weighted by atomic mass is 10.2. The molecule has 7 nitrogen and oxygen atoms in total. The summed E-state index contributed by atoms with van der Waals surface area (Å²) in [7, 11) is 0. The van der Waals surface area contributed by atoms with Gasteiger partial charge in [-0.05, 0) is 62.4 Å². The fourth-order valence-electron chi connectivity index (χ4n) is 3.30. The first-order valence-electron chi connectivity index (χ1n) is 10.0. The van der Waals surface area contributed by atoms with Crippen molar-refractivity contribution in [1.29, 1.82) is 5.26 Å². The number of carbonyl (C=O) groups is 1. The molecule has 0 unspecified atom stereocenters. The Bertz CT molecular complexity index is 1450. The molecule has 2 heterocycles. The monoisotopic (exact) mass is 439 g/mol. The Hall–Kier alpha value is -4.70. The molecule has 0 aliphatic heterocycles. The molecule has 0 aliphatic carbocycles. The van der Waals surface area contributed by atoms with Crippen LogP contribution in [0.3, 0.4) is 0 Å². The summed E-state index contributed by atoms with van der Waals surface area (Å²) >= 11 is 0. The molecule has 0 spiro atoms. The van der Waals surface area contributed by atoms with Gasteiger partial charge in [0.05, 0.1) is 0 Å². The molecule has 164 valence electrons. The molecule has 0 saturated carbocycles. The van der Waals surface area contributed by atoms with Gasteiger partial charge in [-0.25, -0.2) is 4.79 Å². The molecule has 2 aromatic carbocycles. The molecule has 1 N–H and O–H groups in total. The van der Waals surface area contributed by atoms with Gasteiger partial charge in [-0.15, -0.1) is 0 Å². The topological polar surface area (TPSA) is 105 Å². The molecule has 4 rings (SSSR count). The maximum atomic E-state index is 12.0. The number of aryl methyl sites for hydroxylation is 2. The second-order valence-electron chi connectivity index (χ2n) is 7.15. The fraction of sp³-hybridized carbons (Fsp3) is 0.0769. The van der Waals surface area contributed by atoms with Crippen molar-refractivity contribution >= 4 is 5.97 Å². The Labute approximate surface area is 190 Å². The van der Waals surface area contributed by atoms with Gasteiger partial charge in [0.2, 0.25) is 0 Å². The predicted octanol–water partition coefficient (Wildman–Crippen LogP) is 3.86. The van der Waals surface area contributed by atoms with Crippen LogP contribution in [0.15, 0.2) is 94.5 Å². The van der Waals surface area contributed by atoms with Crippen molar-refractivity contribution in [3.63, 3.8) is 0 Å². The maximum absolute atomic E-state index is 12.0. The second kappa shape index (κ2) is 10.1. The van der Waals surface area contributed by atoms with Gasteiger partial charge in [0, 0.05) is 22.8 Å². The average molecular weight is 439 g/mol. The zero-order valence-corrected chi connectivity index (χ0v) is 18.1. The van der Waals surface area contributed by atoms with Crippen LogP contribution in [0.2, 0.25) is 0 Å². The van der Waals surface area contributed by atoms with E-state index in [1.807, 2.05) is 49.4 Å². The minimum absolute atomic E-state index is 0.162. The summed E-state index contributed by atoms with van der Waals surface area (Å²) in [4.78, 5) is 34.9. The highest BCUT2D eigenvalue weighted by molar-refractivity contribution is 5.87. The van der Waals surface area contributed by atoms with E-state index in [0.29, 0.717) is 11.4 Å². The number of nitriles is 1. The number of rotatable bonds is 3. The van der Waals surface area contributed by atoms with Gasteiger partial charge in [-0.2, -0.15) is 5.26 Å². The number of aromatic carboxylic acids is 1. The van der Waals surface area contributed by atoms with Gasteiger partial charge in [-0.1, -0.05) is 36.4 Å². The highest BCUT2D eigenvalue weighted by Crippen LogP contribution is 2.09. The van der Waals surface area contributed by atoms with E-state index < -0.39 is 11.5 Å². The van der Waals surface area contributed by atoms with E-state index in [9.17, 15) is 14.4 Å². The highest BCUT2D eigenvalue weighted by atomic mass is 16.4. The standard InChI is InChI=1S/C13H10N2O.C13H11NO3/c1-10-7-8-11(9-14)13(16)15(10)12-5-3-2-4-6-12;1-9-7-8-11(13(16)17)12(15)14(9)10-5-3-2-4-6-10/h2-8H,1H3;2-8H,1H3,(H,16,17). The third-order valence-electron chi connectivity index (χ3n) is 4.93. The smallest absolute Gasteiger partial charge is 0.341 e. The molecule has 0 fully saturated rings. The molecule has 33 heavy (non-hydrogen) atoms. The Morgan fingerprint density at radius 2 is 1.18 bits per heavy atom. The lowest BCUT2D eigenvalue weighted by molar-refractivity contribution is 0.0694. The van der Waals surface area contributed by atoms with Crippen LogP contribution in [0, 0.1) is 25.2 Å². The molecule has 0 amide bonds. The largest absolute Gasteiger partial charge is 0.477 e. The summed E-state index contributed by atoms with van der Waals surface area (Å²) in [6, 6.07) is 26.4. The Morgan fingerprint density at radius 3 is 1.64 bits per heavy atom. The van der Waals surface area contributed by atoms with Gasteiger partial charge in [0.15, 0.2) is 0 Å². The number of hydrogen-bond acceptors (Lipinski definition) is 4. The number of nitrogens with zero attached hydrogens (tertiary/aromatic N) is 3. The van der Waals surface area contributed by atoms with E-state index in [-0.39, 0.29) is 16.7 Å². The normalized spacial score (nSPS) is 9.97. The van der Waals surface area contributed by atoms with Crippen molar-refractivity contribution in [3.05, 3.63) is 128 Å². The lowest BCUT2D eigenvalue weighted by Crippen LogP contribution is -2.26. The molecule has 0 atom stereocenters. The number of pyridine rings is 2. The van der Waals surface area contributed by atoms with Crippen LogP contribution in [0.25, 0.3) is 11.4 Å². The Morgan fingerprint density at radius 1 is 0.727 bits per heavy atom. The maximum Gasteiger partial charge on any atom is 0.341 e. The number of hydrogen-bond donors (Lipinski definition) is 1. The quantitative estimate of drug-likeness (QED) is 0.522. The molecule has 7 heteroatoms. The van der Waals surface area contributed by atoms with Crippen LogP contribution in [0.1, 0.15) is 27.3 Å². The van der Waals surface area contributed by atoms with Crippen molar-refractivity contribution in [2.24, 2.45) is 0 Å². The van der Waals surface area contributed by atoms with Crippen molar-refractivity contribution in [1.82, 2.24) is 9.13 Å². The van der Waals surface area contributed by atoms with E-state index in [1.54, 1.807) is 54.0 Å². The summed E-state index contributed by atoms with van der Waals surface area (Å²) in [6.07, 6.45) is 0. The fourth-order valence-corrected chi connectivity index (χ4v) is 3.30. The Balaban J connectivity index is 0.000000186. The summed E-state index contributed by atoms with van der Waals surface area (Å²) in [6.45, 7) is 3.61. The number of carboxylic acids is 1. The number of benzene rings is 2. The van der Waals surface area contributed by atoms with Crippen LogP contribution in [-0.2, 0) is 0 Å².